The van der Waals surface area contributed by atoms with Crippen molar-refractivity contribution in [3.8, 4) is 5.75 Å². The van der Waals surface area contributed by atoms with Gasteiger partial charge in [0.05, 0.1) is 7.11 Å². The summed E-state index contributed by atoms with van der Waals surface area (Å²) in [7, 11) is 1.67. The van der Waals surface area contributed by atoms with Gasteiger partial charge in [-0.25, -0.2) is 0 Å². The Balaban J connectivity index is 2.77. The van der Waals surface area contributed by atoms with Crippen LogP contribution in [0.1, 0.15) is 37.7 Å². The Bertz CT molecular complexity index is 328. The number of unbranched alkanes of at least 4 members (excludes halogenated alkanes) is 1. The molecule has 0 aromatic heterocycles. The van der Waals surface area contributed by atoms with Gasteiger partial charge >= 0.3 is 0 Å². The van der Waals surface area contributed by atoms with Crippen molar-refractivity contribution in [1.82, 2.24) is 0 Å². The van der Waals surface area contributed by atoms with Gasteiger partial charge in [0, 0.05) is 18.5 Å². The second-order valence-electron chi connectivity index (χ2n) is 4.42. The van der Waals surface area contributed by atoms with Gasteiger partial charge in [0.2, 0.25) is 0 Å². The van der Waals surface area contributed by atoms with E-state index in [1.807, 2.05) is 18.2 Å². The first-order valence-electron chi connectivity index (χ1n) is 6.32. The summed E-state index contributed by atoms with van der Waals surface area (Å²) in [6.07, 6.45) is 3.35. The predicted molar refractivity (Wildman–Crippen MR) is 72.3 cm³/mol. The van der Waals surface area contributed by atoms with E-state index in [0.717, 1.165) is 18.6 Å². The van der Waals surface area contributed by atoms with E-state index in [2.05, 4.69) is 13.0 Å². The van der Waals surface area contributed by atoms with Crippen LogP contribution in [-0.2, 0) is 0 Å². The summed E-state index contributed by atoms with van der Waals surface area (Å²) >= 11 is 0. The number of nitrogens with two attached hydrogens (primary N) is 2. The van der Waals surface area contributed by atoms with E-state index < -0.39 is 0 Å². The fourth-order valence-electron chi connectivity index (χ4n) is 2.07. The molecule has 0 aliphatic rings. The average Bonchev–Trinajstić information content (AvgIpc) is 2.37. The molecule has 0 heterocycles. The first kappa shape index (κ1) is 14.0. The third kappa shape index (κ3) is 4.02. The minimum atomic E-state index is 0.132. The van der Waals surface area contributed by atoms with E-state index in [4.69, 9.17) is 16.2 Å². The maximum Gasteiger partial charge on any atom is 0.119 e. The molecular weight excluding hydrogens is 212 g/mol. The van der Waals surface area contributed by atoms with Crippen LogP contribution in [0.4, 0.5) is 0 Å². The summed E-state index contributed by atoms with van der Waals surface area (Å²) in [5.41, 5.74) is 13.2. The van der Waals surface area contributed by atoms with Crippen LogP contribution in [0.5, 0.6) is 5.75 Å². The van der Waals surface area contributed by atoms with Crippen molar-refractivity contribution in [1.29, 1.82) is 0 Å². The molecule has 96 valence electrons. The molecule has 17 heavy (non-hydrogen) atoms. The highest BCUT2D eigenvalue weighted by Gasteiger charge is 2.18. The van der Waals surface area contributed by atoms with E-state index in [-0.39, 0.29) is 12.0 Å². The minimum Gasteiger partial charge on any atom is -0.497 e. The Kier molecular flexibility index (Phi) is 6.01. The third-order valence-electron chi connectivity index (χ3n) is 3.18. The van der Waals surface area contributed by atoms with Crippen molar-refractivity contribution in [2.45, 2.75) is 38.1 Å². The van der Waals surface area contributed by atoms with E-state index >= 15 is 0 Å². The van der Waals surface area contributed by atoms with Gasteiger partial charge in [-0.15, -0.1) is 0 Å². The molecule has 0 amide bonds. The fourth-order valence-corrected chi connectivity index (χ4v) is 2.07. The van der Waals surface area contributed by atoms with Crippen molar-refractivity contribution in [2.24, 2.45) is 11.5 Å². The zero-order chi connectivity index (χ0) is 12.7. The van der Waals surface area contributed by atoms with Crippen LogP contribution in [0.25, 0.3) is 0 Å². The lowest BCUT2D eigenvalue weighted by atomic mass is 9.89. The van der Waals surface area contributed by atoms with Gasteiger partial charge in [0.1, 0.15) is 5.75 Å². The zero-order valence-corrected chi connectivity index (χ0v) is 10.9. The fraction of sp³-hybridized carbons (Fsp3) is 0.571. The van der Waals surface area contributed by atoms with Crippen LogP contribution in [0.2, 0.25) is 0 Å². The molecule has 0 aliphatic carbocycles. The summed E-state index contributed by atoms with van der Waals surface area (Å²) in [5, 5.41) is 0. The molecule has 0 saturated carbocycles. The predicted octanol–water partition coefficient (Wildman–Crippen LogP) is 2.25. The third-order valence-corrected chi connectivity index (χ3v) is 3.18. The van der Waals surface area contributed by atoms with E-state index in [1.165, 1.54) is 12.0 Å². The van der Waals surface area contributed by atoms with Gasteiger partial charge in [-0.2, -0.15) is 0 Å². The molecule has 2 atom stereocenters. The number of hydrogen-bond donors (Lipinski definition) is 2. The first-order valence-corrected chi connectivity index (χ1v) is 6.32. The largest absolute Gasteiger partial charge is 0.497 e. The Morgan fingerprint density at radius 1 is 1.35 bits per heavy atom. The lowest BCUT2D eigenvalue weighted by molar-refractivity contribution is 0.412. The average molecular weight is 236 g/mol. The van der Waals surface area contributed by atoms with Crippen molar-refractivity contribution in [2.75, 3.05) is 13.7 Å². The molecule has 0 radical (unpaired) electrons. The smallest absolute Gasteiger partial charge is 0.119 e. The quantitative estimate of drug-likeness (QED) is 0.763. The van der Waals surface area contributed by atoms with Crippen LogP contribution in [-0.4, -0.2) is 19.7 Å². The number of benzene rings is 1. The maximum atomic E-state index is 6.22. The van der Waals surface area contributed by atoms with Crippen molar-refractivity contribution < 1.29 is 4.74 Å². The highest BCUT2D eigenvalue weighted by Crippen LogP contribution is 2.24. The van der Waals surface area contributed by atoms with Gasteiger partial charge in [0.15, 0.2) is 0 Å². The lowest BCUT2D eigenvalue weighted by Crippen LogP contribution is -2.33. The van der Waals surface area contributed by atoms with Crippen LogP contribution in [0.3, 0.4) is 0 Å². The molecule has 0 saturated heterocycles. The van der Waals surface area contributed by atoms with Gasteiger partial charge in [-0.05, 0) is 24.1 Å². The zero-order valence-electron chi connectivity index (χ0n) is 10.9. The number of methoxy groups -OCH3 is 1. The molecule has 1 aromatic carbocycles. The van der Waals surface area contributed by atoms with Crippen LogP contribution >= 0.6 is 0 Å². The van der Waals surface area contributed by atoms with Crippen LogP contribution in [0.15, 0.2) is 24.3 Å². The molecule has 3 heteroatoms. The second kappa shape index (κ2) is 7.30. The molecule has 4 N–H and O–H groups in total. The lowest BCUT2D eigenvalue weighted by Gasteiger charge is -2.23. The SMILES string of the molecule is CCCCC(N)C(CN)c1cccc(OC)c1. The summed E-state index contributed by atoms with van der Waals surface area (Å²) < 4.78 is 5.23. The van der Waals surface area contributed by atoms with Gasteiger partial charge < -0.3 is 16.2 Å². The molecule has 2 unspecified atom stereocenters. The summed E-state index contributed by atoms with van der Waals surface area (Å²) in [5.74, 6) is 1.08. The Labute approximate surface area is 104 Å². The molecule has 1 rings (SSSR count). The summed E-state index contributed by atoms with van der Waals surface area (Å²) in [6, 6.07) is 8.17. The molecule has 0 bridgehead atoms. The van der Waals surface area contributed by atoms with E-state index in [0.29, 0.717) is 6.54 Å². The van der Waals surface area contributed by atoms with Crippen LogP contribution in [0, 0.1) is 0 Å². The standard InChI is InChI=1S/C14H24N2O/c1-3-4-8-14(16)13(10-15)11-6-5-7-12(9-11)17-2/h5-7,9,13-14H,3-4,8,10,15-16H2,1-2H3. The van der Waals surface area contributed by atoms with Gasteiger partial charge in [-0.1, -0.05) is 31.9 Å². The molecule has 0 spiro atoms. The molecular formula is C14H24N2O. The molecule has 3 nitrogen and oxygen atoms in total. The summed E-state index contributed by atoms with van der Waals surface area (Å²) in [6.45, 7) is 2.76. The highest BCUT2D eigenvalue weighted by molar-refractivity contribution is 5.31. The Morgan fingerprint density at radius 3 is 2.71 bits per heavy atom. The van der Waals surface area contributed by atoms with Crippen molar-refractivity contribution in [3.05, 3.63) is 29.8 Å². The topological polar surface area (TPSA) is 61.3 Å². The Morgan fingerprint density at radius 2 is 2.12 bits per heavy atom. The van der Waals surface area contributed by atoms with Crippen molar-refractivity contribution in [3.63, 3.8) is 0 Å². The summed E-state index contributed by atoms with van der Waals surface area (Å²) in [4.78, 5) is 0. The molecule has 0 aliphatic heterocycles. The molecule has 0 fully saturated rings. The first-order chi connectivity index (χ1) is 8.22. The van der Waals surface area contributed by atoms with E-state index in [9.17, 15) is 0 Å². The normalized spacial score (nSPS) is 14.4. The van der Waals surface area contributed by atoms with Crippen molar-refractivity contribution >= 4 is 0 Å². The number of ether oxygens (including phenoxy) is 1. The molecule has 1 aromatic rings. The van der Waals surface area contributed by atoms with Gasteiger partial charge in [-0.3, -0.25) is 0 Å². The minimum absolute atomic E-state index is 0.132. The number of rotatable bonds is 7. The maximum absolute atomic E-state index is 6.22. The van der Waals surface area contributed by atoms with E-state index in [1.54, 1.807) is 7.11 Å². The number of hydrogen-bond acceptors (Lipinski definition) is 3. The highest BCUT2D eigenvalue weighted by atomic mass is 16.5. The monoisotopic (exact) mass is 236 g/mol. The second-order valence-corrected chi connectivity index (χ2v) is 4.42. The van der Waals surface area contributed by atoms with Gasteiger partial charge in [0.25, 0.3) is 0 Å². The van der Waals surface area contributed by atoms with Crippen LogP contribution < -0.4 is 16.2 Å². The Hall–Kier alpha value is -1.06.